The third-order valence-electron chi connectivity index (χ3n) is 1.54. The van der Waals surface area contributed by atoms with Crippen molar-refractivity contribution in [1.29, 1.82) is 0 Å². The molecule has 0 N–H and O–H groups in total. The van der Waals surface area contributed by atoms with Crippen molar-refractivity contribution in [3.8, 4) is 0 Å². The minimum absolute atomic E-state index is 0.130. The van der Waals surface area contributed by atoms with E-state index in [0.717, 1.165) is 0 Å². The molecule has 0 atom stereocenters. The number of halogens is 2. The Bertz CT molecular complexity index is 356. The summed E-state index contributed by atoms with van der Waals surface area (Å²) in [5.74, 6) is -0.130. The predicted octanol–water partition coefficient (Wildman–Crippen LogP) is 3.75. The van der Waals surface area contributed by atoms with Crippen LogP contribution in [0.3, 0.4) is 0 Å². The van der Waals surface area contributed by atoms with Gasteiger partial charge in [0.15, 0.2) is 5.78 Å². The summed E-state index contributed by atoms with van der Waals surface area (Å²) in [7, 11) is 0. The maximum Gasteiger partial charge on any atom is 0.187 e. The molecule has 0 radical (unpaired) electrons. The van der Waals surface area contributed by atoms with E-state index in [1.54, 1.807) is 31.2 Å². The highest BCUT2D eigenvalue weighted by atomic mass is 35.5. The molecule has 0 heterocycles. The van der Waals surface area contributed by atoms with E-state index in [-0.39, 0.29) is 5.78 Å². The van der Waals surface area contributed by atoms with Gasteiger partial charge in [-0.15, -0.1) is 0 Å². The molecule has 0 amide bonds. The maximum absolute atomic E-state index is 11.4. The number of ketones is 1. The monoisotopic (exact) mass is 214 g/mol. The zero-order chi connectivity index (χ0) is 9.84. The van der Waals surface area contributed by atoms with Crippen LogP contribution in [0, 0.1) is 0 Å². The van der Waals surface area contributed by atoms with Crippen molar-refractivity contribution in [1.82, 2.24) is 0 Å². The van der Waals surface area contributed by atoms with Crippen LogP contribution in [0.2, 0.25) is 10.0 Å². The Labute approximate surface area is 87.0 Å². The standard InChI is InChI=1S/C10H8Cl2O/c1-2-4-9(13)7-5-3-6-8(11)10(7)12/h2-6H,1H3/b4-2+. The van der Waals surface area contributed by atoms with E-state index in [4.69, 9.17) is 23.2 Å². The van der Waals surface area contributed by atoms with Crippen molar-refractivity contribution in [2.24, 2.45) is 0 Å². The highest BCUT2D eigenvalue weighted by Crippen LogP contribution is 2.25. The van der Waals surface area contributed by atoms with E-state index in [9.17, 15) is 4.79 Å². The molecule has 0 aliphatic heterocycles. The number of carbonyl (C=O) groups is 1. The summed E-state index contributed by atoms with van der Waals surface area (Å²) < 4.78 is 0. The highest BCUT2D eigenvalue weighted by molar-refractivity contribution is 6.44. The van der Waals surface area contributed by atoms with Gasteiger partial charge in [-0.2, -0.15) is 0 Å². The predicted molar refractivity (Wildman–Crippen MR) is 55.6 cm³/mol. The molecule has 1 rings (SSSR count). The average molecular weight is 215 g/mol. The molecule has 0 aliphatic rings. The molecule has 1 nitrogen and oxygen atoms in total. The first kappa shape index (κ1) is 10.3. The quantitative estimate of drug-likeness (QED) is 0.542. The van der Waals surface area contributed by atoms with Crippen LogP contribution in [0.5, 0.6) is 0 Å². The third kappa shape index (κ3) is 2.33. The molecular formula is C10H8Cl2O. The minimum Gasteiger partial charge on any atom is -0.289 e. The minimum atomic E-state index is -0.130. The molecular weight excluding hydrogens is 207 g/mol. The molecule has 3 heteroatoms. The fourth-order valence-corrected chi connectivity index (χ4v) is 1.33. The molecule has 0 bridgehead atoms. The average Bonchev–Trinajstić information content (AvgIpc) is 2.10. The number of carbonyl (C=O) groups excluding carboxylic acids is 1. The molecule has 0 fully saturated rings. The van der Waals surface area contributed by atoms with Crippen LogP contribution in [0.1, 0.15) is 17.3 Å². The van der Waals surface area contributed by atoms with Crippen LogP contribution in [-0.4, -0.2) is 5.78 Å². The molecule has 0 saturated heterocycles. The van der Waals surface area contributed by atoms with Crippen molar-refractivity contribution >= 4 is 29.0 Å². The van der Waals surface area contributed by atoms with E-state index in [1.165, 1.54) is 6.08 Å². The molecule has 0 aliphatic carbocycles. The first-order chi connectivity index (χ1) is 6.16. The molecule has 1 aromatic rings. The molecule has 0 spiro atoms. The number of rotatable bonds is 2. The smallest absolute Gasteiger partial charge is 0.187 e. The lowest BCUT2D eigenvalue weighted by molar-refractivity contribution is 0.104. The van der Waals surface area contributed by atoms with Gasteiger partial charge in [0.25, 0.3) is 0 Å². The van der Waals surface area contributed by atoms with Gasteiger partial charge < -0.3 is 0 Å². The van der Waals surface area contributed by atoms with Crippen LogP contribution >= 0.6 is 23.2 Å². The molecule has 0 saturated carbocycles. The number of benzene rings is 1. The van der Waals surface area contributed by atoms with Crippen LogP contribution < -0.4 is 0 Å². The molecule has 0 aromatic heterocycles. The molecule has 0 unspecified atom stereocenters. The summed E-state index contributed by atoms with van der Waals surface area (Å²) in [6, 6.07) is 5.00. The fourth-order valence-electron chi connectivity index (χ4n) is 0.935. The zero-order valence-corrected chi connectivity index (χ0v) is 8.56. The lowest BCUT2D eigenvalue weighted by atomic mass is 10.1. The third-order valence-corrected chi connectivity index (χ3v) is 2.35. The molecule has 1 aromatic carbocycles. The highest BCUT2D eigenvalue weighted by Gasteiger charge is 2.08. The van der Waals surface area contributed by atoms with Gasteiger partial charge in [0.05, 0.1) is 10.0 Å². The van der Waals surface area contributed by atoms with Gasteiger partial charge in [0.2, 0.25) is 0 Å². The Kier molecular flexibility index (Phi) is 3.52. The number of allylic oxidation sites excluding steroid dienone is 2. The summed E-state index contributed by atoms with van der Waals surface area (Å²) in [6.07, 6.45) is 3.12. The van der Waals surface area contributed by atoms with E-state index < -0.39 is 0 Å². The van der Waals surface area contributed by atoms with Gasteiger partial charge in [0, 0.05) is 5.56 Å². The van der Waals surface area contributed by atoms with Gasteiger partial charge in [-0.25, -0.2) is 0 Å². The second-order valence-electron chi connectivity index (χ2n) is 2.47. The van der Waals surface area contributed by atoms with Crippen molar-refractivity contribution < 1.29 is 4.79 Å². The van der Waals surface area contributed by atoms with Gasteiger partial charge >= 0.3 is 0 Å². The van der Waals surface area contributed by atoms with Crippen molar-refractivity contribution in [3.05, 3.63) is 46.0 Å². The summed E-state index contributed by atoms with van der Waals surface area (Å²) in [5.41, 5.74) is 0.437. The van der Waals surface area contributed by atoms with Crippen molar-refractivity contribution in [2.45, 2.75) is 6.92 Å². The number of hydrogen-bond acceptors (Lipinski definition) is 1. The largest absolute Gasteiger partial charge is 0.289 e. The maximum atomic E-state index is 11.4. The Morgan fingerprint density at radius 1 is 1.38 bits per heavy atom. The van der Waals surface area contributed by atoms with Crippen LogP contribution in [0.15, 0.2) is 30.4 Å². The lowest BCUT2D eigenvalue weighted by Gasteiger charge is -2.00. The summed E-state index contributed by atoms with van der Waals surface area (Å²) in [4.78, 5) is 11.4. The van der Waals surface area contributed by atoms with Crippen molar-refractivity contribution in [3.63, 3.8) is 0 Å². The fraction of sp³-hybridized carbons (Fsp3) is 0.100. The van der Waals surface area contributed by atoms with Crippen molar-refractivity contribution in [2.75, 3.05) is 0 Å². The van der Waals surface area contributed by atoms with E-state index >= 15 is 0 Å². The van der Waals surface area contributed by atoms with E-state index in [2.05, 4.69) is 0 Å². The van der Waals surface area contributed by atoms with Crippen LogP contribution in [-0.2, 0) is 0 Å². The first-order valence-electron chi connectivity index (χ1n) is 3.78. The zero-order valence-electron chi connectivity index (χ0n) is 7.05. The van der Waals surface area contributed by atoms with Gasteiger partial charge in [0.1, 0.15) is 0 Å². The topological polar surface area (TPSA) is 17.1 Å². The second-order valence-corrected chi connectivity index (χ2v) is 3.25. The van der Waals surface area contributed by atoms with E-state index in [0.29, 0.717) is 15.6 Å². The SMILES string of the molecule is C/C=C/C(=O)c1cccc(Cl)c1Cl. The second kappa shape index (κ2) is 4.45. The Morgan fingerprint density at radius 3 is 2.69 bits per heavy atom. The Hall–Kier alpha value is -0.790. The van der Waals surface area contributed by atoms with Crippen LogP contribution in [0.25, 0.3) is 0 Å². The molecule has 68 valence electrons. The van der Waals surface area contributed by atoms with Crippen LogP contribution in [0.4, 0.5) is 0 Å². The van der Waals surface area contributed by atoms with Gasteiger partial charge in [-0.1, -0.05) is 35.3 Å². The summed E-state index contributed by atoms with van der Waals surface area (Å²) >= 11 is 11.6. The normalized spacial score (nSPS) is 10.7. The summed E-state index contributed by atoms with van der Waals surface area (Å²) in [6.45, 7) is 1.77. The van der Waals surface area contributed by atoms with Gasteiger partial charge in [-0.05, 0) is 25.1 Å². The Morgan fingerprint density at radius 2 is 2.08 bits per heavy atom. The Balaban J connectivity index is 3.15. The first-order valence-corrected chi connectivity index (χ1v) is 4.53. The lowest BCUT2D eigenvalue weighted by Crippen LogP contribution is -1.95. The summed E-state index contributed by atoms with van der Waals surface area (Å²) in [5, 5.41) is 0.712. The molecule has 13 heavy (non-hydrogen) atoms. The van der Waals surface area contributed by atoms with Gasteiger partial charge in [-0.3, -0.25) is 4.79 Å². The number of hydrogen-bond donors (Lipinski definition) is 0. The van der Waals surface area contributed by atoms with E-state index in [1.807, 2.05) is 0 Å².